The molecule has 0 aromatic carbocycles. The van der Waals surface area contributed by atoms with Crippen LogP contribution >= 0.6 is 0 Å². The number of hydrogen-bond acceptors (Lipinski definition) is 3. The van der Waals surface area contributed by atoms with E-state index in [2.05, 4.69) is 5.10 Å². The molecule has 0 bridgehead atoms. The minimum atomic E-state index is 0.0582. The number of nitrogens with two attached hydrogens (primary N) is 1. The van der Waals surface area contributed by atoms with Crippen molar-refractivity contribution >= 4 is 0 Å². The molecule has 0 radical (unpaired) electrons. The minimum absolute atomic E-state index is 0.0582. The molecule has 78 valence electrons. The van der Waals surface area contributed by atoms with Crippen LogP contribution in [0.2, 0.25) is 0 Å². The van der Waals surface area contributed by atoms with Crippen LogP contribution in [0.25, 0.3) is 0 Å². The maximum atomic E-state index is 6.06. The molecule has 0 aliphatic carbocycles. The van der Waals surface area contributed by atoms with Crippen LogP contribution in [0, 0.1) is 5.92 Å². The average molecular weight is 195 g/mol. The van der Waals surface area contributed by atoms with Crippen LogP contribution in [-0.4, -0.2) is 23.0 Å². The molecule has 0 spiro atoms. The fraction of sp³-hybridized carbons (Fsp3) is 0.700. The number of aromatic nitrogens is 2. The first-order chi connectivity index (χ1) is 6.75. The molecule has 14 heavy (non-hydrogen) atoms. The monoisotopic (exact) mass is 195 g/mol. The number of rotatable bonds is 3. The minimum Gasteiger partial charge on any atom is -0.381 e. The molecule has 4 heteroatoms. The van der Waals surface area contributed by atoms with E-state index in [0.717, 1.165) is 31.7 Å². The van der Waals surface area contributed by atoms with Crippen molar-refractivity contribution in [2.45, 2.75) is 18.9 Å². The highest BCUT2D eigenvalue weighted by Crippen LogP contribution is 2.23. The standard InChI is InChI=1S/C10H17N3O/c1-13-4-2-10(12-13)9(11)6-8-3-5-14-7-8/h2,4,8-9H,3,5-7,11H2,1H3. The van der Waals surface area contributed by atoms with E-state index in [9.17, 15) is 0 Å². The third-order valence-corrected chi connectivity index (χ3v) is 2.73. The van der Waals surface area contributed by atoms with E-state index in [1.54, 1.807) is 4.68 Å². The normalized spacial score (nSPS) is 24.0. The van der Waals surface area contributed by atoms with Gasteiger partial charge < -0.3 is 10.5 Å². The third kappa shape index (κ3) is 2.13. The SMILES string of the molecule is Cn1ccc(C(N)CC2CCOC2)n1. The third-order valence-electron chi connectivity index (χ3n) is 2.73. The van der Waals surface area contributed by atoms with Gasteiger partial charge in [0.15, 0.2) is 0 Å². The second kappa shape index (κ2) is 4.11. The highest BCUT2D eigenvalue weighted by atomic mass is 16.5. The van der Waals surface area contributed by atoms with E-state index in [1.165, 1.54) is 0 Å². The molecule has 1 aliphatic heterocycles. The quantitative estimate of drug-likeness (QED) is 0.777. The Hall–Kier alpha value is -0.870. The van der Waals surface area contributed by atoms with Gasteiger partial charge in [0.25, 0.3) is 0 Å². The van der Waals surface area contributed by atoms with Gasteiger partial charge in [0.1, 0.15) is 0 Å². The lowest BCUT2D eigenvalue weighted by Gasteiger charge is -2.12. The summed E-state index contributed by atoms with van der Waals surface area (Å²) >= 11 is 0. The highest BCUT2D eigenvalue weighted by molar-refractivity contribution is 5.04. The summed E-state index contributed by atoms with van der Waals surface area (Å²) in [5.41, 5.74) is 7.04. The number of aryl methyl sites for hydroxylation is 1. The molecule has 0 saturated carbocycles. The van der Waals surface area contributed by atoms with E-state index in [4.69, 9.17) is 10.5 Å². The van der Waals surface area contributed by atoms with Crippen molar-refractivity contribution in [2.24, 2.45) is 18.7 Å². The largest absolute Gasteiger partial charge is 0.381 e. The van der Waals surface area contributed by atoms with Crippen LogP contribution in [0.5, 0.6) is 0 Å². The Morgan fingerprint density at radius 2 is 2.64 bits per heavy atom. The number of hydrogen-bond donors (Lipinski definition) is 1. The van der Waals surface area contributed by atoms with Crippen molar-refractivity contribution in [2.75, 3.05) is 13.2 Å². The van der Waals surface area contributed by atoms with E-state index in [0.29, 0.717) is 5.92 Å². The predicted octanol–water partition coefficient (Wildman–Crippen LogP) is 0.846. The molecule has 2 rings (SSSR count). The van der Waals surface area contributed by atoms with Gasteiger partial charge in [-0.25, -0.2) is 0 Å². The molecular weight excluding hydrogens is 178 g/mol. The number of nitrogens with zero attached hydrogens (tertiary/aromatic N) is 2. The summed E-state index contributed by atoms with van der Waals surface area (Å²) in [7, 11) is 1.91. The predicted molar refractivity (Wildman–Crippen MR) is 53.7 cm³/mol. The summed E-state index contributed by atoms with van der Waals surface area (Å²) < 4.78 is 7.11. The lowest BCUT2D eigenvalue weighted by Crippen LogP contribution is -2.16. The van der Waals surface area contributed by atoms with E-state index < -0.39 is 0 Å². The Balaban J connectivity index is 1.91. The van der Waals surface area contributed by atoms with Gasteiger partial charge in [-0.15, -0.1) is 0 Å². The zero-order chi connectivity index (χ0) is 9.97. The molecule has 2 atom stereocenters. The molecule has 4 nitrogen and oxygen atoms in total. The number of ether oxygens (including phenoxy) is 1. The lowest BCUT2D eigenvalue weighted by molar-refractivity contribution is 0.182. The Bertz CT molecular complexity index is 291. The summed E-state index contributed by atoms with van der Waals surface area (Å²) in [6.07, 6.45) is 4.05. The first kappa shape index (κ1) is 9.68. The Morgan fingerprint density at radius 1 is 1.79 bits per heavy atom. The Kier molecular flexibility index (Phi) is 2.84. The second-order valence-corrected chi connectivity index (χ2v) is 3.99. The summed E-state index contributed by atoms with van der Waals surface area (Å²) in [5.74, 6) is 0.618. The zero-order valence-corrected chi connectivity index (χ0v) is 8.52. The molecule has 1 aromatic heterocycles. The van der Waals surface area contributed by atoms with Gasteiger partial charge in [0, 0.05) is 32.5 Å². The summed E-state index contributed by atoms with van der Waals surface area (Å²) in [5, 5.41) is 4.30. The topological polar surface area (TPSA) is 53.1 Å². The van der Waals surface area contributed by atoms with Gasteiger partial charge >= 0.3 is 0 Å². The van der Waals surface area contributed by atoms with Gasteiger partial charge in [-0.3, -0.25) is 4.68 Å². The Labute approximate surface area is 84.0 Å². The molecule has 1 fully saturated rings. The Morgan fingerprint density at radius 3 is 3.21 bits per heavy atom. The van der Waals surface area contributed by atoms with Gasteiger partial charge in [-0.05, 0) is 24.8 Å². The molecule has 2 unspecified atom stereocenters. The van der Waals surface area contributed by atoms with Gasteiger partial charge in [-0.1, -0.05) is 0 Å². The molecular formula is C10H17N3O. The summed E-state index contributed by atoms with van der Waals surface area (Å²) in [6.45, 7) is 1.75. The first-order valence-corrected chi connectivity index (χ1v) is 5.08. The van der Waals surface area contributed by atoms with Crippen LogP contribution in [-0.2, 0) is 11.8 Å². The zero-order valence-electron chi connectivity index (χ0n) is 8.52. The summed E-state index contributed by atoms with van der Waals surface area (Å²) in [4.78, 5) is 0. The maximum absolute atomic E-state index is 6.06. The van der Waals surface area contributed by atoms with Crippen molar-refractivity contribution in [3.05, 3.63) is 18.0 Å². The lowest BCUT2D eigenvalue weighted by atomic mass is 9.98. The van der Waals surface area contributed by atoms with Gasteiger partial charge in [0.2, 0.25) is 0 Å². The molecule has 1 aromatic rings. The molecule has 1 aliphatic rings. The molecule has 2 heterocycles. The first-order valence-electron chi connectivity index (χ1n) is 5.08. The second-order valence-electron chi connectivity index (χ2n) is 3.99. The fourth-order valence-electron chi connectivity index (χ4n) is 1.88. The van der Waals surface area contributed by atoms with Crippen molar-refractivity contribution in [3.8, 4) is 0 Å². The van der Waals surface area contributed by atoms with E-state index >= 15 is 0 Å². The molecule has 1 saturated heterocycles. The van der Waals surface area contributed by atoms with E-state index in [1.807, 2.05) is 19.3 Å². The van der Waals surface area contributed by atoms with Crippen molar-refractivity contribution in [1.82, 2.24) is 9.78 Å². The van der Waals surface area contributed by atoms with Crippen LogP contribution in [0.15, 0.2) is 12.3 Å². The van der Waals surface area contributed by atoms with Crippen LogP contribution in [0.4, 0.5) is 0 Å². The van der Waals surface area contributed by atoms with Gasteiger partial charge in [-0.2, -0.15) is 5.10 Å². The summed E-state index contributed by atoms with van der Waals surface area (Å²) in [6, 6.07) is 2.04. The van der Waals surface area contributed by atoms with Crippen LogP contribution in [0.3, 0.4) is 0 Å². The average Bonchev–Trinajstić information content (AvgIpc) is 2.75. The van der Waals surface area contributed by atoms with Crippen LogP contribution in [0.1, 0.15) is 24.6 Å². The van der Waals surface area contributed by atoms with Crippen molar-refractivity contribution in [1.29, 1.82) is 0 Å². The maximum Gasteiger partial charge on any atom is 0.0791 e. The molecule has 2 N–H and O–H groups in total. The smallest absolute Gasteiger partial charge is 0.0791 e. The van der Waals surface area contributed by atoms with Crippen molar-refractivity contribution < 1.29 is 4.74 Å². The van der Waals surface area contributed by atoms with Crippen molar-refractivity contribution in [3.63, 3.8) is 0 Å². The molecule has 0 amide bonds. The van der Waals surface area contributed by atoms with Crippen LogP contribution < -0.4 is 5.73 Å². The highest BCUT2D eigenvalue weighted by Gasteiger charge is 2.20. The van der Waals surface area contributed by atoms with E-state index in [-0.39, 0.29) is 6.04 Å². The van der Waals surface area contributed by atoms with Gasteiger partial charge in [0.05, 0.1) is 5.69 Å². The fourth-order valence-corrected chi connectivity index (χ4v) is 1.88.